The molecular weight excluding hydrogens is 291 g/mol. The normalized spacial score (nSPS) is 23.4. The highest BCUT2D eigenvalue weighted by molar-refractivity contribution is 14.1. The largest absolute Gasteiger partial charge is 0.473 e. The molecule has 1 aliphatic rings. The standard InChI is InChI=1S/C11H17IO2/c12-8-4-1-2-5-9-13-11-7-3-6-10-14-11/h4-5,8-9,11H,1-3,6-7,10H2/b8-4+,9-5+. The van der Waals surface area contributed by atoms with Gasteiger partial charge in [-0.05, 0) is 35.8 Å². The highest BCUT2D eigenvalue weighted by Crippen LogP contribution is 2.13. The molecule has 0 aliphatic carbocycles. The second-order valence-electron chi connectivity index (χ2n) is 3.24. The second-order valence-corrected chi connectivity index (χ2v) is 3.96. The molecule has 80 valence electrons. The van der Waals surface area contributed by atoms with Crippen molar-refractivity contribution in [2.45, 2.75) is 38.4 Å². The fraction of sp³-hybridized carbons (Fsp3) is 0.636. The van der Waals surface area contributed by atoms with E-state index in [-0.39, 0.29) is 6.29 Å². The summed E-state index contributed by atoms with van der Waals surface area (Å²) < 4.78 is 12.9. The Morgan fingerprint density at radius 1 is 1.29 bits per heavy atom. The molecular formula is C11H17IO2. The molecule has 0 aromatic carbocycles. The van der Waals surface area contributed by atoms with E-state index in [0.717, 1.165) is 25.9 Å². The molecule has 1 aliphatic heterocycles. The summed E-state index contributed by atoms with van der Waals surface area (Å²) in [6, 6.07) is 0. The molecule has 14 heavy (non-hydrogen) atoms. The average molecular weight is 308 g/mol. The number of hydrogen-bond acceptors (Lipinski definition) is 2. The number of rotatable bonds is 5. The van der Waals surface area contributed by atoms with Gasteiger partial charge in [-0.1, -0.05) is 28.7 Å². The Balaban J connectivity index is 2.00. The van der Waals surface area contributed by atoms with Crippen molar-refractivity contribution in [3.8, 4) is 0 Å². The van der Waals surface area contributed by atoms with Crippen LogP contribution in [0.3, 0.4) is 0 Å². The van der Waals surface area contributed by atoms with Crippen LogP contribution in [0, 0.1) is 0 Å². The molecule has 0 aromatic heterocycles. The lowest BCUT2D eigenvalue weighted by Gasteiger charge is -2.21. The second kappa shape index (κ2) is 8.29. The Labute approximate surface area is 99.5 Å². The van der Waals surface area contributed by atoms with E-state index < -0.39 is 0 Å². The van der Waals surface area contributed by atoms with Crippen LogP contribution >= 0.6 is 22.6 Å². The Bertz CT molecular complexity index is 184. The van der Waals surface area contributed by atoms with Crippen molar-refractivity contribution in [1.29, 1.82) is 0 Å². The van der Waals surface area contributed by atoms with Gasteiger partial charge in [0.2, 0.25) is 0 Å². The first-order valence-corrected chi connectivity index (χ1v) is 6.35. The highest BCUT2D eigenvalue weighted by Gasteiger charge is 2.12. The molecule has 1 unspecified atom stereocenters. The molecule has 0 saturated carbocycles. The summed E-state index contributed by atoms with van der Waals surface area (Å²) in [5.41, 5.74) is 0. The Kier molecular flexibility index (Phi) is 7.13. The van der Waals surface area contributed by atoms with Crippen LogP contribution in [0.4, 0.5) is 0 Å². The first-order valence-electron chi connectivity index (χ1n) is 5.11. The van der Waals surface area contributed by atoms with E-state index in [4.69, 9.17) is 9.47 Å². The molecule has 1 rings (SSSR count). The summed E-state index contributed by atoms with van der Waals surface area (Å²) in [5, 5.41) is 0. The quantitative estimate of drug-likeness (QED) is 0.437. The highest BCUT2D eigenvalue weighted by atomic mass is 127. The molecule has 1 saturated heterocycles. The molecule has 0 bridgehead atoms. The van der Waals surface area contributed by atoms with Crippen LogP contribution in [0.25, 0.3) is 0 Å². The zero-order valence-electron chi connectivity index (χ0n) is 8.32. The van der Waals surface area contributed by atoms with Crippen molar-refractivity contribution in [3.05, 3.63) is 22.5 Å². The van der Waals surface area contributed by atoms with Crippen LogP contribution in [0.2, 0.25) is 0 Å². The van der Waals surface area contributed by atoms with Gasteiger partial charge < -0.3 is 9.47 Å². The van der Waals surface area contributed by atoms with Gasteiger partial charge in [0.05, 0.1) is 12.9 Å². The summed E-state index contributed by atoms with van der Waals surface area (Å²) in [4.78, 5) is 0. The van der Waals surface area contributed by atoms with Gasteiger partial charge >= 0.3 is 0 Å². The Morgan fingerprint density at radius 3 is 2.86 bits per heavy atom. The maximum absolute atomic E-state index is 5.43. The van der Waals surface area contributed by atoms with Gasteiger partial charge in [-0.2, -0.15) is 0 Å². The minimum atomic E-state index is 0.000109. The van der Waals surface area contributed by atoms with Crippen molar-refractivity contribution in [2.75, 3.05) is 6.61 Å². The minimum Gasteiger partial charge on any atom is -0.473 e. The number of allylic oxidation sites excluding steroid dienone is 2. The van der Waals surface area contributed by atoms with E-state index in [9.17, 15) is 0 Å². The Hall–Kier alpha value is -0.0300. The van der Waals surface area contributed by atoms with E-state index in [2.05, 4.69) is 34.7 Å². The fourth-order valence-electron chi connectivity index (χ4n) is 1.29. The first kappa shape index (κ1) is 12.0. The van der Waals surface area contributed by atoms with Gasteiger partial charge in [0, 0.05) is 6.42 Å². The molecule has 2 nitrogen and oxygen atoms in total. The van der Waals surface area contributed by atoms with Crippen molar-refractivity contribution >= 4 is 22.6 Å². The van der Waals surface area contributed by atoms with Gasteiger partial charge in [0.1, 0.15) is 0 Å². The molecule has 0 amide bonds. The van der Waals surface area contributed by atoms with Gasteiger partial charge in [-0.15, -0.1) is 0 Å². The van der Waals surface area contributed by atoms with Crippen LogP contribution in [-0.4, -0.2) is 12.9 Å². The molecule has 0 N–H and O–H groups in total. The van der Waals surface area contributed by atoms with E-state index in [1.165, 1.54) is 12.8 Å². The number of halogens is 1. The summed E-state index contributed by atoms with van der Waals surface area (Å²) >= 11 is 2.23. The van der Waals surface area contributed by atoms with E-state index in [1.807, 2.05) is 4.08 Å². The lowest BCUT2D eigenvalue weighted by Crippen LogP contribution is -2.19. The van der Waals surface area contributed by atoms with Crippen LogP contribution in [-0.2, 0) is 9.47 Å². The minimum absolute atomic E-state index is 0.000109. The molecule has 1 atom stereocenters. The van der Waals surface area contributed by atoms with Crippen LogP contribution in [0.15, 0.2) is 22.5 Å². The zero-order valence-corrected chi connectivity index (χ0v) is 10.5. The average Bonchev–Trinajstić information content (AvgIpc) is 2.25. The molecule has 1 fully saturated rings. The van der Waals surface area contributed by atoms with Crippen LogP contribution < -0.4 is 0 Å². The van der Waals surface area contributed by atoms with E-state index in [0.29, 0.717) is 0 Å². The van der Waals surface area contributed by atoms with Crippen molar-refractivity contribution < 1.29 is 9.47 Å². The van der Waals surface area contributed by atoms with Crippen molar-refractivity contribution in [2.24, 2.45) is 0 Å². The number of hydrogen-bond donors (Lipinski definition) is 0. The van der Waals surface area contributed by atoms with Gasteiger partial charge in [-0.25, -0.2) is 0 Å². The third kappa shape index (κ3) is 5.65. The molecule has 0 spiro atoms. The summed E-state index contributed by atoms with van der Waals surface area (Å²) in [6.45, 7) is 0.843. The van der Waals surface area contributed by atoms with Crippen LogP contribution in [0.1, 0.15) is 32.1 Å². The summed E-state index contributed by atoms with van der Waals surface area (Å²) in [5.74, 6) is 0. The maximum Gasteiger partial charge on any atom is 0.198 e. The number of ether oxygens (including phenoxy) is 2. The van der Waals surface area contributed by atoms with E-state index >= 15 is 0 Å². The lowest BCUT2D eigenvalue weighted by atomic mass is 10.2. The Morgan fingerprint density at radius 2 is 2.14 bits per heavy atom. The van der Waals surface area contributed by atoms with Gasteiger partial charge in [0.25, 0.3) is 0 Å². The molecule has 1 heterocycles. The first-order chi connectivity index (χ1) is 6.93. The maximum atomic E-state index is 5.43. The van der Waals surface area contributed by atoms with Gasteiger partial charge in [-0.3, -0.25) is 0 Å². The summed E-state index contributed by atoms with van der Waals surface area (Å²) in [7, 11) is 0. The smallest absolute Gasteiger partial charge is 0.198 e. The predicted molar refractivity (Wildman–Crippen MR) is 66.2 cm³/mol. The van der Waals surface area contributed by atoms with Crippen LogP contribution in [0.5, 0.6) is 0 Å². The SMILES string of the molecule is I/C=C/CC/C=C/OC1CCCCO1. The fourth-order valence-corrected chi connectivity index (χ4v) is 1.64. The lowest BCUT2D eigenvalue weighted by molar-refractivity contribution is -0.129. The number of unbranched alkanes of at least 4 members (excludes halogenated alkanes) is 1. The monoisotopic (exact) mass is 308 g/mol. The molecule has 0 radical (unpaired) electrons. The molecule has 3 heteroatoms. The topological polar surface area (TPSA) is 18.5 Å². The van der Waals surface area contributed by atoms with Gasteiger partial charge in [0.15, 0.2) is 6.29 Å². The predicted octanol–water partition coefficient (Wildman–Crippen LogP) is 3.77. The zero-order chi connectivity index (χ0) is 10.1. The third-order valence-corrected chi connectivity index (χ3v) is 2.56. The summed E-state index contributed by atoms with van der Waals surface area (Å²) in [6.07, 6.45) is 11.5. The molecule has 0 aromatic rings. The van der Waals surface area contributed by atoms with Crippen molar-refractivity contribution in [1.82, 2.24) is 0 Å². The third-order valence-electron chi connectivity index (χ3n) is 2.05. The van der Waals surface area contributed by atoms with Crippen molar-refractivity contribution in [3.63, 3.8) is 0 Å². The van der Waals surface area contributed by atoms with E-state index in [1.54, 1.807) is 6.26 Å².